The minimum atomic E-state index is -0.738. The van der Waals surface area contributed by atoms with E-state index in [2.05, 4.69) is 4.90 Å². The molecular weight excluding hydrogens is 242 g/mol. The van der Waals surface area contributed by atoms with Crippen LogP contribution >= 0.6 is 0 Å². The Bertz CT molecular complexity index is 410. The van der Waals surface area contributed by atoms with Gasteiger partial charge in [-0.15, -0.1) is 0 Å². The molecule has 0 radical (unpaired) electrons. The molecule has 1 fully saturated rings. The molecule has 0 spiro atoms. The number of methoxy groups -OCH3 is 1. The van der Waals surface area contributed by atoms with E-state index in [-0.39, 0.29) is 12.5 Å². The molecule has 1 aromatic carbocycles. The zero-order valence-corrected chi connectivity index (χ0v) is 11.3. The van der Waals surface area contributed by atoms with Crippen LogP contribution in [0, 0.1) is 0 Å². The summed E-state index contributed by atoms with van der Waals surface area (Å²) in [7, 11) is 1.67. The normalized spacial score (nSPS) is 17.5. The summed E-state index contributed by atoms with van der Waals surface area (Å²) in [4.78, 5) is 13.3. The van der Waals surface area contributed by atoms with E-state index < -0.39 is 5.97 Å². The summed E-state index contributed by atoms with van der Waals surface area (Å²) in [6.45, 7) is 2.59. The maximum atomic E-state index is 11.1. The fourth-order valence-electron chi connectivity index (χ4n) is 2.68. The lowest BCUT2D eigenvalue weighted by Crippen LogP contribution is -2.27. The summed E-state index contributed by atoms with van der Waals surface area (Å²) >= 11 is 0. The second-order valence-electron chi connectivity index (χ2n) is 5.03. The molecule has 1 unspecified atom stereocenters. The summed E-state index contributed by atoms with van der Waals surface area (Å²) in [6, 6.07) is 8.09. The Morgan fingerprint density at radius 1 is 1.32 bits per heavy atom. The van der Waals surface area contributed by atoms with Gasteiger partial charge in [-0.3, -0.25) is 9.69 Å². The van der Waals surface area contributed by atoms with Crippen LogP contribution in [-0.4, -0.2) is 36.2 Å². The highest BCUT2D eigenvalue weighted by Crippen LogP contribution is 2.28. The number of benzene rings is 1. The molecular formula is C15H21NO3. The van der Waals surface area contributed by atoms with Crippen LogP contribution < -0.4 is 0 Å². The van der Waals surface area contributed by atoms with Crippen molar-refractivity contribution < 1.29 is 14.6 Å². The predicted octanol–water partition coefficient (Wildman–Crippen LogP) is 2.44. The minimum absolute atomic E-state index is 0.00315. The number of carboxylic acid groups (broad SMARTS) is 1. The fraction of sp³-hybridized carbons (Fsp3) is 0.533. The number of likely N-dealkylation sites (tertiary alicyclic amines) is 1. The van der Waals surface area contributed by atoms with Crippen molar-refractivity contribution in [2.24, 2.45) is 0 Å². The van der Waals surface area contributed by atoms with Crippen molar-refractivity contribution >= 4 is 5.97 Å². The van der Waals surface area contributed by atoms with E-state index in [0.29, 0.717) is 6.61 Å². The van der Waals surface area contributed by atoms with Gasteiger partial charge in [-0.2, -0.15) is 0 Å². The number of carbonyl (C=O) groups is 1. The molecule has 0 amide bonds. The Morgan fingerprint density at radius 2 is 1.95 bits per heavy atom. The Morgan fingerprint density at radius 3 is 2.47 bits per heavy atom. The highest BCUT2D eigenvalue weighted by atomic mass is 16.5. The van der Waals surface area contributed by atoms with Crippen LogP contribution in [0.5, 0.6) is 0 Å². The lowest BCUT2D eigenvalue weighted by molar-refractivity contribution is -0.138. The molecule has 104 valence electrons. The van der Waals surface area contributed by atoms with Crippen molar-refractivity contribution in [2.45, 2.75) is 31.9 Å². The Labute approximate surface area is 114 Å². The first-order valence-electron chi connectivity index (χ1n) is 6.74. The standard InChI is InChI=1S/C15H21NO3/c1-19-11-12-4-6-13(7-5-12)14(10-15(17)18)16-8-2-3-9-16/h4-7,14H,2-3,8-11H2,1H3,(H,17,18). The second kappa shape index (κ2) is 6.68. The second-order valence-corrected chi connectivity index (χ2v) is 5.03. The highest BCUT2D eigenvalue weighted by Gasteiger charge is 2.25. The van der Waals surface area contributed by atoms with Crippen molar-refractivity contribution in [1.29, 1.82) is 0 Å². The topological polar surface area (TPSA) is 49.8 Å². The van der Waals surface area contributed by atoms with Gasteiger partial charge in [0.1, 0.15) is 0 Å². The third-order valence-electron chi connectivity index (χ3n) is 3.62. The number of hydrogen-bond donors (Lipinski definition) is 1. The third kappa shape index (κ3) is 3.78. The molecule has 0 aromatic heterocycles. The van der Waals surface area contributed by atoms with E-state index in [9.17, 15) is 4.79 Å². The summed E-state index contributed by atoms with van der Waals surface area (Å²) in [5, 5.41) is 9.10. The number of rotatable bonds is 6. The van der Waals surface area contributed by atoms with Crippen molar-refractivity contribution in [3.63, 3.8) is 0 Å². The third-order valence-corrected chi connectivity index (χ3v) is 3.62. The lowest BCUT2D eigenvalue weighted by Gasteiger charge is -2.26. The number of nitrogens with zero attached hydrogens (tertiary/aromatic N) is 1. The molecule has 19 heavy (non-hydrogen) atoms. The van der Waals surface area contributed by atoms with Gasteiger partial charge in [-0.1, -0.05) is 24.3 Å². The van der Waals surface area contributed by atoms with E-state index in [0.717, 1.165) is 37.1 Å². The van der Waals surface area contributed by atoms with Crippen LogP contribution in [0.15, 0.2) is 24.3 Å². The first-order valence-corrected chi connectivity index (χ1v) is 6.74. The number of ether oxygens (including phenoxy) is 1. The predicted molar refractivity (Wildman–Crippen MR) is 73.0 cm³/mol. The van der Waals surface area contributed by atoms with Crippen molar-refractivity contribution in [2.75, 3.05) is 20.2 Å². The number of carboxylic acids is 1. The maximum Gasteiger partial charge on any atom is 0.305 e. The van der Waals surface area contributed by atoms with Crippen LogP contribution in [0.3, 0.4) is 0 Å². The van der Waals surface area contributed by atoms with Gasteiger partial charge >= 0.3 is 5.97 Å². The van der Waals surface area contributed by atoms with E-state index in [1.165, 1.54) is 0 Å². The van der Waals surface area contributed by atoms with Gasteiger partial charge in [-0.05, 0) is 37.1 Å². The summed E-state index contributed by atoms with van der Waals surface area (Å²) in [6.07, 6.45) is 2.50. The fourth-order valence-corrected chi connectivity index (χ4v) is 2.68. The summed E-state index contributed by atoms with van der Waals surface area (Å²) in [5.41, 5.74) is 2.20. The Kier molecular flexibility index (Phi) is 4.93. The monoisotopic (exact) mass is 263 g/mol. The highest BCUT2D eigenvalue weighted by molar-refractivity contribution is 5.68. The molecule has 1 aromatic rings. The molecule has 1 aliphatic rings. The molecule has 1 heterocycles. The Hall–Kier alpha value is -1.39. The summed E-state index contributed by atoms with van der Waals surface area (Å²) < 4.78 is 5.09. The van der Waals surface area contributed by atoms with E-state index in [4.69, 9.17) is 9.84 Å². The number of aliphatic carboxylic acids is 1. The van der Waals surface area contributed by atoms with Crippen LogP contribution in [0.25, 0.3) is 0 Å². The maximum absolute atomic E-state index is 11.1. The van der Waals surface area contributed by atoms with Gasteiger partial charge < -0.3 is 9.84 Å². The molecule has 0 saturated carbocycles. The average molecular weight is 263 g/mol. The van der Waals surface area contributed by atoms with Crippen LogP contribution in [-0.2, 0) is 16.1 Å². The van der Waals surface area contributed by atoms with Crippen LogP contribution in [0.2, 0.25) is 0 Å². The van der Waals surface area contributed by atoms with E-state index >= 15 is 0 Å². The average Bonchev–Trinajstić information content (AvgIpc) is 2.91. The largest absolute Gasteiger partial charge is 0.481 e. The molecule has 0 aliphatic carbocycles. The molecule has 1 atom stereocenters. The zero-order chi connectivity index (χ0) is 13.7. The first kappa shape index (κ1) is 14.0. The van der Waals surface area contributed by atoms with Gasteiger partial charge in [0.25, 0.3) is 0 Å². The van der Waals surface area contributed by atoms with Crippen LogP contribution in [0.4, 0.5) is 0 Å². The van der Waals surface area contributed by atoms with Crippen molar-refractivity contribution in [1.82, 2.24) is 4.90 Å². The van der Waals surface area contributed by atoms with Crippen LogP contribution in [0.1, 0.15) is 36.4 Å². The lowest BCUT2D eigenvalue weighted by atomic mass is 10.0. The van der Waals surface area contributed by atoms with Gasteiger partial charge in [0.2, 0.25) is 0 Å². The first-order chi connectivity index (χ1) is 9.20. The molecule has 1 N–H and O–H groups in total. The number of hydrogen-bond acceptors (Lipinski definition) is 3. The SMILES string of the molecule is COCc1ccc(C(CC(=O)O)N2CCCC2)cc1. The van der Waals surface area contributed by atoms with Crippen molar-refractivity contribution in [3.05, 3.63) is 35.4 Å². The molecule has 0 bridgehead atoms. The van der Waals surface area contributed by atoms with Gasteiger partial charge in [0.15, 0.2) is 0 Å². The molecule has 4 heteroatoms. The van der Waals surface area contributed by atoms with Gasteiger partial charge in [0, 0.05) is 13.2 Å². The Balaban J connectivity index is 2.14. The van der Waals surface area contributed by atoms with E-state index in [1.54, 1.807) is 7.11 Å². The van der Waals surface area contributed by atoms with Crippen molar-refractivity contribution in [3.8, 4) is 0 Å². The molecule has 1 saturated heterocycles. The molecule has 4 nitrogen and oxygen atoms in total. The quantitative estimate of drug-likeness (QED) is 0.856. The molecule has 2 rings (SSSR count). The van der Waals surface area contributed by atoms with E-state index in [1.807, 2.05) is 24.3 Å². The molecule has 1 aliphatic heterocycles. The minimum Gasteiger partial charge on any atom is -0.481 e. The summed E-state index contributed by atoms with van der Waals surface area (Å²) in [5.74, 6) is -0.738. The van der Waals surface area contributed by atoms with Gasteiger partial charge in [-0.25, -0.2) is 0 Å². The van der Waals surface area contributed by atoms with Gasteiger partial charge in [0.05, 0.1) is 13.0 Å². The smallest absolute Gasteiger partial charge is 0.305 e. The zero-order valence-electron chi connectivity index (χ0n) is 11.3.